The van der Waals surface area contributed by atoms with E-state index in [0.717, 1.165) is 16.7 Å². The molecule has 0 fully saturated rings. The zero-order chi connectivity index (χ0) is 15.2. The van der Waals surface area contributed by atoms with Gasteiger partial charge >= 0.3 is 0 Å². The molecule has 1 atom stereocenters. The van der Waals surface area contributed by atoms with Gasteiger partial charge in [-0.2, -0.15) is 0 Å². The summed E-state index contributed by atoms with van der Waals surface area (Å²) in [6.45, 7) is 0. The van der Waals surface area contributed by atoms with Crippen molar-refractivity contribution >= 4 is 5.78 Å². The van der Waals surface area contributed by atoms with Crippen molar-refractivity contribution in [2.24, 2.45) is 0 Å². The molecular weight excluding hydrogens is 270 g/mol. The Morgan fingerprint density at radius 3 is 2.05 bits per heavy atom. The highest BCUT2D eigenvalue weighted by Gasteiger charge is 2.22. The number of nitrogens with zero attached hydrogens (tertiary/aromatic N) is 1. The summed E-state index contributed by atoms with van der Waals surface area (Å²) >= 11 is 0. The zero-order valence-corrected chi connectivity index (χ0v) is 12.2. The van der Waals surface area contributed by atoms with Crippen LogP contribution in [-0.2, 0) is 6.42 Å². The lowest BCUT2D eigenvalue weighted by Gasteiger charge is -2.16. The number of ketones is 1. The molecule has 0 aliphatic heterocycles. The number of carbonyl (C=O) groups is 1. The van der Waals surface area contributed by atoms with Gasteiger partial charge in [-0.3, -0.25) is 9.78 Å². The Morgan fingerprint density at radius 2 is 1.41 bits per heavy atom. The first-order valence-corrected chi connectivity index (χ1v) is 7.38. The minimum absolute atomic E-state index is 0.149. The molecule has 3 rings (SSSR count). The third-order valence-electron chi connectivity index (χ3n) is 3.77. The summed E-state index contributed by atoms with van der Waals surface area (Å²) in [7, 11) is 0. The maximum Gasteiger partial charge on any atom is 0.170 e. The van der Waals surface area contributed by atoms with Gasteiger partial charge in [0.25, 0.3) is 0 Å². The molecule has 2 heteroatoms. The summed E-state index contributed by atoms with van der Waals surface area (Å²) < 4.78 is 0. The van der Waals surface area contributed by atoms with Gasteiger partial charge in [-0.05, 0) is 29.7 Å². The van der Waals surface area contributed by atoms with Gasteiger partial charge in [-0.1, -0.05) is 60.7 Å². The van der Waals surface area contributed by atoms with Gasteiger partial charge in [0.1, 0.15) is 0 Å². The fourth-order valence-electron chi connectivity index (χ4n) is 2.61. The largest absolute Gasteiger partial charge is 0.293 e. The molecule has 1 aromatic heterocycles. The van der Waals surface area contributed by atoms with E-state index in [1.54, 1.807) is 12.4 Å². The molecular formula is C20H17NO. The summed E-state index contributed by atoms with van der Waals surface area (Å²) in [4.78, 5) is 17.0. The van der Waals surface area contributed by atoms with Crippen LogP contribution in [0.1, 0.15) is 27.4 Å². The molecule has 0 aliphatic carbocycles. The van der Waals surface area contributed by atoms with Crippen LogP contribution in [0.2, 0.25) is 0 Å². The van der Waals surface area contributed by atoms with E-state index >= 15 is 0 Å². The molecule has 0 radical (unpaired) electrons. The molecule has 22 heavy (non-hydrogen) atoms. The third kappa shape index (κ3) is 3.29. The molecule has 1 heterocycles. The number of rotatable bonds is 5. The molecule has 3 aromatic rings. The van der Waals surface area contributed by atoms with Crippen molar-refractivity contribution < 1.29 is 4.79 Å². The van der Waals surface area contributed by atoms with Crippen molar-refractivity contribution in [3.05, 3.63) is 102 Å². The number of hydrogen-bond donors (Lipinski definition) is 0. The zero-order valence-electron chi connectivity index (χ0n) is 12.2. The highest BCUT2D eigenvalue weighted by atomic mass is 16.1. The van der Waals surface area contributed by atoms with E-state index in [1.807, 2.05) is 60.7 Å². The van der Waals surface area contributed by atoms with E-state index in [9.17, 15) is 4.79 Å². The van der Waals surface area contributed by atoms with Crippen molar-refractivity contribution in [3.63, 3.8) is 0 Å². The predicted octanol–water partition coefficient (Wildman–Crippen LogP) is 4.29. The quantitative estimate of drug-likeness (QED) is 0.655. The van der Waals surface area contributed by atoms with Crippen LogP contribution in [-0.4, -0.2) is 10.8 Å². The number of aromatic nitrogens is 1. The number of pyridine rings is 1. The van der Waals surface area contributed by atoms with Crippen LogP contribution < -0.4 is 0 Å². The van der Waals surface area contributed by atoms with E-state index in [-0.39, 0.29) is 11.7 Å². The van der Waals surface area contributed by atoms with Gasteiger partial charge in [0, 0.05) is 18.0 Å². The Morgan fingerprint density at radius 1 is 0.818 bits per heavy atom. The van der Waals surface area contributed by atoms with E-state index in [1.165, 1.54) is 0 Å². The van der Waals surface area contributed by atoms with Crippen molar-refractivity contribution in [1.29, 1.82) is 0 Å². The standard InChI is InChI=1S/C20H17NO/c22-20(18-9-5-2-6-10-18)19(17-11-13-21-14-12-17)15-16-7-3-1-4-8-16/h1-14,19H,15H2. The molecule has 108 valence electrons. The van der Waals surface area contributed by atoms with Crippen molar-refractivity contribution in [2.75, 3.05) is 0 Å². The molecule has 1 unspecified atom stereocenters. The fourth-order valence-corrected chi connectivity index (χ4v) is 2.61. The van der Waals surface area contributed by atoms with Crippen LogP contribution in [0, 0.1) is 0 Å². The summed E-state index contributed by atoms with van der Waals surface area (Å²) in [5.74, 6) is -0.0385. The lowest BCUT2D eigenvalue weighted by atomic mass is 9.86. The Bertz CT molecular complexity index is 723. The van der Waals surface area contributed by atoms with Gasteiger partial charge in [-0.25, -0.2) is 0 Å². The van der Waals surface area contributed by atoms with Crippen molar-refractivity contribution in [2.45, 2.75) is 12.3 Å². The van der Waals surface area contributed by atoms with E-state index < -0.39 is 0 Å². The van der Waals surface area contributed by atoms with Crippen LogP contribution in [0.3, 0.4) is 0 Å². The predicted molar refractivity (Wildman–Crippen MR) is 87.9 cm³/mol. The molecule has 0 bridgehead atoms. The van der Waals surface area contributed by atoms with Crippen molar-refractivity contribution in [3.8, 4) is 0 Å². The maximum atomic E-state index is 12.9. The molecule has 2 aromatic carbocycles. The second-order valence-corrected chi connectivity index (χ2v) is 5.25. The molecule has 0 saturated carbocycles. The van der Waals surface area contributed by atoms with Gasteiger partial charge in [0.15, 0.2) is 5.78 Å². The third-order valence-corrected chi connectivity index (χ3v) is 3.77. The minimum Gasteiger partial charge on any atom is -0.293 e. The number of carbonyl (C=O) groups excluding carboxylic acids is 1. The van der Waals surface area contributed by atoms with Gasteiger partial charge in [0.05, 0.1) is 5.92 Å². The Balaban J connectivity index is 1.95. The molecule has 2 nitrogen and oxygen atoms in total. The van der Waals surface area contributed by atoms with Crippen LogP contribution >= 0.6 is 0 Å². The Labute approximate surface area is 130 Å². The minimum atomic E-state index is -0.187. The number of benzene rings is 2. The molecule has 0 aliphatic rings. The van der Waals surface area contributed by atoms with Crippen LogP contribution in [0.15, 0.2) is 85.2 Å². The SMILES string of the molecule is O=C(c1ccccc1)C(Cc1ccccc1)c1ccncc1. The molecule has 0 spiro atoms. The highest BCUT2D eigenvalue weighted by molar-refractivity contribution is 6.01. The second kappa shape index (κ2) is 6.81. The van der Waals surface area contributed by atoms with Crippen LogP contribution in [0.5, 0.6) is 0 Å². The van der Waals surface area contributed by atoms with Gasteiger partial charge in [-0.15, -0.1) is 0 Å². The smallest absolute Gasteiger partial charge is 0.170 e. The number of hydrogen-bond acceptors (Lipinski definition) is 2. The topological polar surface area (TPSA) is 30.0 Å². The van der Waals surface area contributed by atoms with Crippen LogP contribution in [0.4, 0.5) is 0 Å². The Kier molecular flexibility index (Phi) is 4.40. The lowest BCUT2D eigenvalue weighted by molar-refractivity contribution is 0.0959. The molecule has 0 amide bonds. The summed E-state index contributed by atoms with van der Waals surface area (Å²) in [6.07, 6.45) is 4.18. The van der Waals surface area contributed by atoms with E-state index in [2.05, 4.69) is 17.1 Å². The first kappa shape index (κ1) is 14.2. The van der Waals surface area contributed by atoms with Gasteiger partial charge < -0.3 is 0 Å². The van der Waals surface area contributed by atoms with Gasteiger partial charge in [0.2, 0.25) is 0 Å². The molecule has 0 saturated heterocycles. The summed E-state index contributed by atoms with van der Waals surface area (Å²) in [5.41, 5.74) is 2.92. The average Bonchev–Trinajstić information content (AvgIpc) is 2.61. The highest BCUT2D eigenvalue weighted by Crippen LogP contribution is 2.25. The first-order chi connectivity index (χ1) is 10.8. The fraction of sp³-hybridized carbons (Fsp3) is 0.100. The van der Waals surface area contributed by atoms with Crippen LogP contribution in [0.25, 0.3) is 0 Å². The average molecular weight is 287 g/mol. The summed E-state index contributed by atoms with van der Waals surface area (Å²) in [6, 6.07) is 23.5. The Hall–Kier alpha value is -2.74. The first-order valence-electron chi connectivity index (χ1n) is 7.38. The maximum absolute atomic E-state index is 12.9. The number of Topliss-reactive ketones (excluding diaryl/α,β-unsaturated/α-hetero) is 1. The normalized spacial score (nSPS) is 11.8. The van der Waals surface area contributed by atoms with E-state index in [4.69, 9.17) is 0 Å². The second-order valence-electron chi connectivity index (χ2n) is 5.25. The molecule has 0 N–H and O–H groups in total. The van der Waals surface area contributed by atoms with Crippen molar-refractivity contribution in [1.82, 2.24) is 4.98 Å². The summed E-state index contributed by atoms with van der Waals surface area (Å²) in [5, 5.41) is 0. The monoisotopic (exact) mass is 287 g/mol. The lowest BCUT2D eigenvalue weighted by Crippen LogP contribution is -2.15. The van der Waals surface area contributed by atoms with E-state index in [0.29, 0.717) is 6.42 Å².